The largest absolute Gasteiger partial charge is 0.314 e. The predicted octanol–water partition coefficient (Wildman–Crippen LogP) is 5.11. The van der Waals surface area contributed by atoms with E-state index in [0.29, 0.717) is 0 Å². The van der Waals surface area contributed by atoms with Crippen LogP contribution in [0.5, 0.6) is 0 Å². The SMILES string of the molecule is CC1CCCC(CNC2CC(c3ccc(Br)cc3)C2)C1. The molecule has 2 unspecified atom stereocenters. The van der Waals surface area contributed by atoms with Crippen LogP contribution in [-0.2, 0) is 0 Å². The van der Waals surface area contributed by atoms with Gasteiger partial charge in [-0.3, -0.25) is 0 Å². The van der Waals surface area contributed by atoms with E-state index in [2.05, 4.69) is 52.4 Å². The van der Waals surface area contributed by atoms with Gasteiger partial charge in [-0.05, 0) is 67.7 Å². The van der Waals surface area contributed by atoms with Gasteiger partial charge in [0.05, 0.1) is 0 Å². The second kappa shape index (κ2) is 6.62. The number of benzene rings is 1. The highest BCUT2D eigenvalue weighted by Crippen LogP contribution is 2.37. The molecule has 0 aliphatic heterocycles. The van der Waals surface area contributed by atoms with E-state index < -0.39 is 0 Å². The van der Waals surface area contributed by atoms with Crippen LogP contribution in [0.3, 0.4) is 0 Å². The maximum Gasteiger partial charge on any atom is 0.0175 e. The minimum atomic E-state index is 0.765. The van der Waals surface area contributed by atoms with Crippen molar-refractivity contribution in [1.82, 2.24) is 5.32 Å². The molecule has 1 aromatic rings. The smallest absolute Gasteiger partial charge is 0.0175 e. The molecule has 0 amide bonds. The fourth-order valence-electron chi connectivity index (χ4n) is 3.87. The van der Waals surface area contributed by atoms with Crippen molar-refractivity contribution in [2.24, 2.45) is 11.8 Å². The van der Waals surface area contributed by atoms with Crippen molar-refractivity contribution in [1.29, 1.82) is 0 Å². The first-order valence-corrected chi connectivity index (χ1v) is 8.99. The number of nitrogens with one attached hydrogen (secondary N) is 1. The zero-order valence-electron chi connectivity index (χ0n) is 12.4. The second-order valence-electron chi connectivity index (χ2n) is 6.96. The quantitative estimate of drug-likeness (QED) is 0.805. The molecule has 1 nitrogen and oxygen atoms in total. The summed E-state index contributed by atoms with van der Waals surface area (Å²) < 4.78 is 1.18. The van der Waals surface area contributed by atoms with Crippen LogP contribution >= 0.6 is 15.9 Å². The summed E-state index contributed by atoms with van der Waals surface area (Å²) in [4.78, 5) is 0. The molecule has 3 rings (SSSR count). The van der Waals surface area contributed by atoms with Crippen molar-refractivity contribution in [2.75, 3.05) is 6.54 Å². The van der Waals surface area contributed by atoms with Gasteiger partial charge in [-0.1, -0.05) is 47.8 Å². The standard InChI is InChI=1S/C18H26BrN/c1-13-3-2-4-14(9-13)12-20-18-10-16(11-18)15-5-7-17(19)8-6-15/h5-8,13-14,16,18,20H,2-4,9-12H2,1H3. The summed E-state index contributed by atoms with van der Waals surface area (Å²) in [6.45, 7) is 3.67. The Balaban J connectivity index is 1.39. The van der Waals surface area contributed by atoms with E-state index in [0.717, 1.165) is 23.8 Å². The lowest BCUT2D eigenvalue weighted by molar-refractivity contribution is 0.232. The van der Waals surface area contributed by atoms with Gasteiger partial charge < -0.3 is 5.32 Å². The maximum absolute atomic E-state index is 3.81. The van der Waals surface area contributed by atoms with E-state index in [4.69, 9.17) is 0 Å². The van der Waals surface area contributed by atoms with E-state index in [1.807, 2.05) is 0 Å². The third kappa shape index (κ3) is 3.65. The molecule has 2 atom stereocenters. The van der Waals surface area contributed by atoms with E-state index in [1.165, 1.54) is 55.1 Å². The Morgan fingerprint density at radius 1 is 1.10 bits per heavy atom. The molecule has 0 radical (unpaired) electrons. The molecule has 2 aliphatic rings. The molecule has 0 bridgehead atoms. The van der Waals surface area contributed by atoms with Gasteiger partial charge in [-0.25, -0.2) is 0 Å². The topological polar surface area (TPSA) is 12.0 Å². The zero-order valence-corrected chi connectivity index (χ0v) is 14.0. The van der Waals surface area contributed by atoms with E-state index >= 15 is 0 Å². The Morgan fingerprint density at radius 2 is 1.85 bits per heavy atom. The highest BCUT2D eigenvalue weighted by atomic mass is 79.9. The summed E-state index contributed by atoms with van der Waals surface area (Å²) in [6, 6.07) is 9.64. The van der Waals surface area contributed by atoms with Gasteiger partial charge in [0.25, 0.3) is 0 Å². The average molecular weight is 336 g/mol. The van der Waals surface area contributed by atoms with Crippen LogP contribution in [0.2, 0.25) is 0 Å². The fraction of sp³-hybridized carbons (Fsp3) is 0.667. The van der Waals surface area contributed by atoms with Crippen molar-refractivity contribution in [3.05, 3.63) is 34.3 Å². The van der Waals surface area contributed by atoms with E-state index in [1.54, 1.807) is 0 Å². The first-order valence-electron chi connectivity index (χ1n) is 8.19. The van der Waals surface area contributed by atoms with Crippen molar-refractivity contribution in [3.63, 3.8) is 0 Å². The van der Waals surface area contributed by atoms with Crippen LogP contribution in [0.4, 0.5) is 0 Å². The fourth-order valence-corrected chi connectivity index (χ4v) is 4.13. The lowest BCUT2D eigenvalue weighted by Crippen LogP contribution is -2.42. The van der Waals surface area contributed by atoms with Crippen LogP contribution in [0.1, 0.15) is 56.9 Å². The van der Waals surface area contributed by atoms with Crippen molar-refractivity contribution < 1.29 is 0 Å². The Kier molecular flexibility index (Phi) is 4.83. The number of hydrogen-bond acceptors (Lipinski definition) is 1. The van der Waals surface area contributed by atoms with Crippen LogP contribution in [0, 0.1) is 11.8 Å². The monoisotopic (exact) mass is 335 g/mol. The molecule has 0 heterocycles. The van der Waals surface area contributed by atoms with Gasteiger partial charge in [0.2, 0.25) is 0 Å². The Bertz CT molecular complexity index is 422. The Hall–Kier alpha value is -0.340. The average Bonchev–Trinajstić information content (AvgIpc) is 2.39. The van der Waals surface area contributed by atoms with Crippen molar-refractivity contribution in [3.8, 4) is 0 Å². The molecule has 0 aromatic heterocycles. The van der Waals surface area contributed by atoms with Gasteiger partial charge in [-0.2, -0.15) is 0 Å². The van der Waals surface area contributed by atoms with Crippen molar-refractivity contribution in [2.45, 2.75) is 57.4 Å². The minimum absolute atomic E-state index is 0.765. The summed E-state index contributed by atoms with van der Waals surface area (Å²) in [5.74, 6) is 2.67. The molecule has 110 valence electrons. The van der Waals surface area contributed by atoms with Crippen LogP contribution < -0.4 is 5.32 Å². The molecule has 2 heteroatoms. The highest BCUT2D eigenvalue weighted by molar-refractivity contribution is 9.10. The number of rotatable bonds is 4. The van der Waals surface area contributed by atoms with Crippen LogP contribution in [0.25, 0.3) is 0 Å². The number of hydrogen-bond donors (Lipinski definition) is 1. The second-order valence-corrected chi connectivity index (χ2v) is 7.88. The molecular weight excluding hydrogens is 310 g/mol. The maximum atomic E-state index is 3.81. The Morgan fingerprint density at radius 3 is 2.55 bits per heavy atom. The lowest BCUT2D eigenvalue weighted by Gasteiger charge is -2.38. The first-order chi connectivity index (χ1) is 9.70. The first kappa shape index (κ1) is 14.6. The summed E-state index contributed by atoms with van der Waals surface area (Å²) in [7, 11) is 0. The molecule has 20 heavy (non-hydrogen) atoms. The summed E-state index contributed by atoms with van der Waals surface area (Å²) in [5.41, 5.74) is 1.51. The van der Waals surface area contributed by atoms with Crippen LogP contribution in [-0.4, -0.2) is 12.6 Å². The predicted molar refractivity (Wildman–Crippen MR) is 89.0 cm³/mol. The zero-order chi connectivity index (χ0) is 13.9. The van der Waals surface area contributed by atoms with E-state index in [-0.39, 0.29) is 0 Å². The molecule has 1 aromatic carbocycles. The van der Waals surface area contributed by atoms with Gasteiger partial charge in [-0.15, -0.1) is 0 Å². The van der Waals surface area contributed by atoms with Gasteiger partial charge in [0, 0.05) is 10.5 Å². The molecule has 0 saturated heterocycles. The molecule has 1 N–H and O–H groups in total. The molecule has 2 fully saturated rings. The normalized spacial score (nSPS) is 33.7. The van der Waals surface area contributed by atoms with E-state index in [9.17, 15) is 0 Å². The summed E-state index contributed by atoms with van der Waals surface area (Å²) in [6.07, 6.45) is 8.43. The summed E-state index contributed by atoms with van der Waals surface area (Å²) in [5, 5.41) is 3.81. The Labute approximate surface area is 131 Å². The third-order valence-corrected chi connectivity index (χ3v) is 5.75. The molecule has 2 aliphatic carbocycles. The van der Waals surface area contributed by atoms with Crippen molar-refractivity contribution >= 4 is 15.9 Å². The molecule has 0 spiro atoms. The van der Waals surface area contributed by atoms with Gasteiger partial charge in [0.15, 0.2) is 0 Å². The third-order valence-electron chi connectivity index (χ3n) is 5.22. The van der Waals surface area contributed by atoms with Gasteiger partial charge in [0.1, 0.15) is 0 Å². The molecule has 2 saturated carbocycles. The summed E-state index contributed by atoms with van der Waals surface area (Å²) >= 11 is 3.51. The molecular formula is C18H26BrN. The minimum Gasteiger partial charge on any atom is -0.314 e. The number of halogens is 1. The lowest BCUT2D eigenvalue weighted by atomic mass is 9.75. The highest BCUT2D eigenvalue weighted by Gasteiger charge is 2.30. The van der Waals surface area contributed by atoms with Gasteiger partial charge >= 0.3 is 0 Å². The van der Waals surface area contributed by atoms with Crippen LogP contribution in [0.15, 0.2) is 28.7 Å².